The van der Waals surface area contributed by atoms with Gasteiger partial charge in [0.15, 0.2) is 0 Å². The molecule has 5 nitrogen and oxygen atoms in total. The fraction of sp³-hybridized carbons (Fsp3) is 0.368. The molecule has 1 N–H and O–H groups in total. The van der Waals surface area contributed by atoms with Gasteiger partial charge in [-0.05, 0) is 49.6 Å². The Hall–Kier alpha value is -2.40. The van der Waals surface area contributed by atoms with Gasteiger partial charge in [-0.15, -0.1) is 0 Å². The molecule has 1 saturated heterocycles. The third kappa shape index (κ3) is 4.11. The number of hydrogen-bond acceptors (Lipinski definition) is 4. The van der Waals surface area contributed by atoms with Crippen molar-refractivity contribution in [3.63, 3.8) is 0 Å². The summed E-state index contributed by atoms with van der Waals surface area (Å²) in [6.45, 7) is 6.11. The number of aryl methyl sites for hydroxylation is 1. The minimum absolute atomic E-state index is 0.0215. The molecule has 1 fully saturated rings. The Balaban J connectivity index is 1.50. The van der Waals surface area contributed by atoms with Crippen LogP contribution in [0.15, 0.2) is 42.7 Å². The summed E-state index contributed by atoms with van der Waals surface area (Å²) < 4.78 is 5.93. The Morgan fingerprint density at radius 1 is 1.29 bits per heavy atom. The van der Waals surface area contributed by atoms with Gasteiger partial charge in [-0.1, -0.05) is 12.1 Å². The quantitative estimate of drug-likeness (QED) is 0.918. The van der Waals surface area contributed by atoms with Crippen molar-refractivity contribution in [1.29, 1.82) is 0 Å². The molecule has 24 heavy (non-hydrogen) atoms. The second-order valence-electron chi connectivity index (χ2n) is 6.24. The first-order chi connectivity index (χ1) is 11.6. The van der Waals surface area contributed by atoms with Crippen LogP contribution in [0.1, 0.15) is 17.5 Å². The van der Waals surface area contributed by atoms with Gasteiger partial charge in [0, 0.05) is 31.2 Å². The van der Waals surface area contributed by atoms with Crippen molar-refractivity contribution < 1.29 is 9.53 Å². The number of carbonyl (C=O) groups excluding carboxylic acids is 1. The summed E-state index contributed by atoms with van der Waals surface area (Å²) in [6.07, 6.45) is 4.50. The highest BCUT2D eigenvalue weighted by atomic mass is 16.5. The van der Waals surface area contributed by atoms with E-state index in [0.717, 1.165) is 36.5 Å². The molecular formula is C19H23N3O2. The number of anilines is 1. The second-order valence-corrected chi connectivity index (χ2v) is 6.24. The molecule has 1 aliphatic rings. The van der Waals surface area contributed by atoms with Crippen LogP contribution in [0.5, 0.6) is 5.75 Å². The lowest BCUT2D eigenvalue weighted by Gasteiger charge is -2.17. The minimum Gasteiger partial charge on any atom is -0.489 e. The third-order valence-electron chi connectivity index (χ3n) is 4.43. The lowest BCUT2D eigenvalue weighted by atomic mass is 10.1. The summed E-state index contributed by atoms with van der Waals surface area (Å²) in [6, 6.07) is 9.67. The van der Waals surface area contributed by atoms with Gasteiger partial charge in [0.05, 0.1) is 6.54 Å². The smallest absolute Gasteiger partial charge is 0.238 e. The van der Waals surface area contributed by atoms with Gasteiger partial charge in [0.2, 0.25) is 5.91 Å². The molecule has 1 atom stereocenters. The molecule has 5 heteroatoms. The van der Waals surface area contributed by atoms with E-state index in [9.17, 15) is 4.79 Å². The van der Waals surface area contributed by atoms with E-state index in [0.29, 0.717) is 6.54 Å². The predicted octanol–water partition coefficient (Wildman–Crippen LogP) is 2.79. The zero-order valence-electron chi connectivity index (χ0n) is 14.2. The first-order valence-electron chi connectivity index (χ1n) is 8.27. The van der Waals surface area contributed by atoms with Crippen molar-refractivity contribution in [3.8, 4) is 5.75 Å². The van der Waals surface area contributed by atoms with Crippen LogP contribution in [-0.2, 0) is 4.79 Å². The molecule has 126 valence electrons. The standard InChI is InChI=1S/C19H23N3O2/c1-14-4-3-5-18(15(14)2)21-19(23)13-22-11-8-17(12-22)24-16-6-9-20-10-7-16/h3-7,9-10,17H,8,11-13H2,1-2H3,(H,21,23). The summed E-state index contributed by atoms with van der Waals surface area (Å²) in [7, 11) is 0. The number of aromatic nitrogens is 1. The highest BCUT2D eigenvalue weighted by Crippen LogP contribution is 2.19. The van der Waals surface area contributed by atoms with Gasteiger partial charge in [0.25, 0.3) is 0 Å². The zero-order valence-corrected chi connectivity index (χ0v) is 14.2. The lowest BCUT2D eigenvalue weighted by Crippen LogP contribution is -2.33. The van der Waals surface area contributed by atoms with E-state index in [1.165, 1.54) is 5.56 Å². The van der Waals surface area contributed by atoms with Crippen LogP contribution >= 0.6 is 0 Å². The number of hydrogen-bond donors (Lipinski definition) is 1. The first-order valence-corrected chi connectivity index (χ1v) is 8.27. The average molecular weight is 325 g/mol. The number of benzene rings is 1. The highest BCUT2D eigenvalue weighted by molar-refractivity contribution is 5.93. The molecule has 2 heterocycles. The summed E-state index contributed by atoms with van der Waals surface area (Å²) in [4.78, 5) is 18.4. The summed E-state index contributed by atoms with van der Waals surface area (Å²) in [5.74, 6) is 0.852. The van der Waals surface area contributed by atoms with Gasteiger partial charge in [-0.3, -0.25) is 14.7 Å². The van der Waals surface area contributed by atoms with Gasteiger partial charge >= 0.3 is 0 Å². The van der Waals surface area contributed by atoms with Crippen molar-refractivity contribution >= 4 is 11.6 Å². The Bertz CT molecular complexity index is 703. The topological polar surface area (TPSA) is 54.5 Å². The molecule has 0 bridgehead atoms. The van der Waals surface area contributed by atoms with Gasteiger partial charge in [-0.25, -0.2) is 0 Å². The zero-order chi connectivity index (χ0) is 16.9. The fourth-order valence-electron chi connectivity index (χ4n) is 2.93. The van der Waals surface area contributed by atoms with E-state index >= 15 is 0 Å². The molecule has 0 radical (unpaired) electrons. The van der Waals surface area contributed by atoms with E-state index in [-0.39, 0.29) is 12.0 Å². The number of nitrogens with one attached hydrogen (secondary N) is 1. The predicted molar refractivity (Wildman–Crippen MR) is 94.3 cm³/mol. The second kappa shape index (κ2) is 7.45. The van der Waals surface area contributed by atoms with Crippen molar-refractivity contribution in [1.82, 2.24) is 9.88 Å². The monoisotopic (exact) mass is 325 g/mol. The summed E-state index contributed by atoms with van der Waals surface area (Å²) >= 11 is 0. The molecular weight excluding hydrogens is 302 g/mol. The molecule has 1 unspecified atom stereocenters. The Kier molecular flexibility index (Phi) is 5.11. The molecule has 3 rings (SSSR count). The molecule has 0 saturated carbocycles. The molecule has 0 aliphatic carbocycles. The number of nitrogens with zero attached hydrogens (tertiary/aromatic N) is 2. The van der Waals surface area contributed by atoms with E-state index in [1.54, 1.807) is 12.4 Å². The van der Waals surface area contributed by atoms with Gasteiger partial charge in [0.1, 0.15) is 11.9 Å². The molecule has 1 aliphatic heterocycles. The van der Waals surface area contributed by atoms with E-state index in [2.05, 4.69) is 15.2 Å². The van der Waals surface area contributed by atoms with E-state index < -0.39 is 0 Å². The van der Waals surface area contributed by atoms with Crippen molar-refractivity contribution in [2.45, 2.75) is 26.4 Å². The number of amides is 1. The number of ether oxygens (including phenoxy) is 1. The van der Waals surface area contributed by atoms with Gasteiger partial charge in [-0.2, -0.15) is 0 Å². The van der Waals surface area contributed by atoms with Crippen molar-refractivity contribution in [3.05, 3.63) is 53.9 Å². The highest BCUT2D eigenvalue weighted by Gasteiger charge is 2.25. The average Bonchev–Trinajstić information content (AvgIpc) is 2.99. The molecule has 1 aromatic heterocycles. The third-order valence-corrected chi connectivity index (χ3v) is 4.43. The maximum atomic E-state index is 12.3. The number of likely N-dealkylation sites (tertiary alicyclic amines) is 1. The molecule has 0 spiro atoms. The minimum atomic E-state index is 0.0215. The number of rotatable bonds is 5. The van der Waals surface area contributed by atoms with Crippen LogP contribution in [-0.4, -0.2) is 41.5 Å². The Labute approximate surface area is 142 Å². The van der Waals surface area contributed by atoms with Crippen LogP contribution in [0, 0.1) is 13.8 Å². The van der Waals surface area contributed by atoms with Crippen LogP contribution in [0.4, 0.5) is 5.69 Å². The fourth-order valence-corrected chi connectivity index (χ4v) is 2.93. The summed E-state index contributed by atoms with van der Waals surface area (Å²) in [5, 5.41) is 3.01. The maximum absolute atomic E-state index is 12.3. The Morgan fingerprint density at radius 3 is 2.88 bits per heavy atom. The number of carbonyl (C=O) groups is 1. The lowest BCUT2D eigenvalue weighted by molar-refractivity contribution is -0.117. The molecule has 1 amide bonds. The van der Waals surface area contributed by atoms with Crippen molar-refractivity contribution in [2.75, 3.05) is 25.0 Å². The van der Waals surface area contributed by atoms with Crippen LogP contribution in [0.25, 0.3) is 0 Å². The molecule has 1 aromatic carbocycles. The van der Waals surface area contributed by atoms with Crippen LogP contribution < -0.4 is 10.1 Å². The maximum Gasteiger partial charge on any atom is 0.238 e. The Morgan fingerprint density at radius 2 is 2.08 bits per heavy atom. The first kappa shape index (κ1) is 16.5. The normalized spacial score (nSPS) is 17.7. The van der Waals surface area contributed by atoms with Gasteiger partial charge < -0.3 is 10.1 Å². The van der Waals surface area contributed by atoms with E-state index in [1.807, 2.05) is 44.2 Å². The largest absolute Gasteiger partial charge is 0.489 e. The van der Waals surface area contributed by atoms with Crippen LogP contribution in [0.3, 0.4) is 0 Å². The van der Waals surface area contributed by atoms with E-state index in [4.69, 9.17) is 4.74 Å². The van der Waals surface area contributed by atoms with Crippen LogP contribution in [0.2, 0.25) is 0 Å². The van der Waals surface area contributed by atoms with Crippen molar-refractivity contribution in [2.24, 2.45) is 0 Å². The number of pyridine rings is 1. The summed E-state index contributed by atoms with van der Waals surface area (Å²) in [5.41, 5.74) is 3.19. The molecule has 2 aromatic rings. The SMILES string of the molecule is Cc1cccc(NC(=O)CN2CCC(Oc3ccncc3)C2)c1C.